The molecule has 268 valence electrons. The van der Waals surface area contributed by atoms with Gasteiger partial charge in [-0.2, -0.15) is 0 Å². The van der Waals surface area contributed by atoms with Gasteiger partial charge in [0.15, 0.2) is 0 Å². The van der Waals surface area contributed by atoms with Crippen LogP contribution in [0.2, 0.25) is 0 Å². The second kappa shape index (κ2) is 17.7. The average molecular weight is 706 g/mol. The topological polar surface area (TPSA) is 162 Å². The van der Waals surface area contributed by atoms with Gasteiger partial charge in [-0.15, -0.1) is 11.3 Å². The van der Waals surface area contributed by atoms with Gasteiger partial charge in [-0.3, -0.25) is 28.9 Å². The smallest absolute Gasteiger partial charge is 0.271 e. The van der Waals surface area contributed by atoms with Gasteiger partial charge in [-0.25, -0.2) is 4.98 Å². The lowest BCUT2D eigenvalue weighted by Crippen LogP contribution is -2.57. The lowest BCUT2D eigenvalue weighted by atomic mass is 10.0. The zero-order valence-corrected chi connectivity index (χ0v) is 30.2. The Balaban J connectivity index is 1.66. The Bertz CT molecular complexity index is 1650. The molecule has 0 fully saturated rings. The van der Waals surface area contributed by atoms with Gasteiger partial charge < -0.3 is 30.9 Å². The molecule has 2 bridgehead atoms. The molecule has 0 radical (unpaired) electrons. The van der Waals surface area contributed by atoms with E-state index in [1.54, 1.807) is 40.3 Å². The Hall–Kier alpha value is -4.82. The van der Waals surface area contributed by atoms with E-state index in [1.165, 1.54) is 23.2 Å². The number of nitrogens with one attached hydrogen (secondary N) is 4. The molecule has 0 saturated carbocycles. The van der Waals surface area contributed by atoms with Crippen molar-refractivity contribution in [1.82, 2.24) is 36.1 Å². The van der Waals surface area contributed by atoms with Crippen molar-refractivity contribution in [2.45, 2.75) is 64.8 Å². The summed E-state index contributed by atoms with van der Waals surface area (Å²) in [4.78, 5) is 74.8. The molecule has 4 N–H and O–H groups in total. The van der Waals surface area contributed by atoms with Crippen molar-refractivity contribution >= 4 is 40.9 Å². The van der Waals surface area contributed by atoms with E-state index in [9.17, 15) is 24.0 Å². The summed E-state index contributed by atoms with van der Waals surface area (Å²) < 4.78 is 5.40. The van der Waals surface area contributed by atoms with Crippen molar-refractivity contribution in [2.75, 3.05) is 33.8 Å². The fraction of sp³-hybridized carbons (Fsp3) is 0.444. The highest BCUT2D eigenvalue weighted by atomic mass is 32.1. The summed E-state index contributed by atoms with van der Waals surface area (Å²) in [6, 6.07) is 13.9. The summed E-state index contributed by atoms with van der Waals surface area (Å²) in [5.41, 5.74) is 2.00. The van der Waals surface area contributed by atoms with E-state index in [-0.39, 0.29) is 36.5 Å². The molecule has 50 heavy (non-hydrogen) atoms. The maximum absolute atomic E-state index is 13.8. The van der Waals surface area contributed by atoms with Crippen LogP contribution in [-0.4, -0.2) is 96.2 Å². The van der Waals surface area contributed by atoms with Crippen LogP contribution in [0.3, 0.4) is 0 Å². The van der Waals surface area contributed by atoms with Gasteiger partial charge in [0.25, 0.3) is 5.91 Å². The molecule has 0 unspecified atom stereocenters. The van der Waals surface area contributed by atoms with Gasteiger partial charge in [-0.05, 0) is 49.4 Å². The van der Waals surface area contributed by atoms with Crippen LogP contribution < -0.4 is 26.0 Å². The predicted molar refractivity (Wildman–Crippen MR) is 190 cm³/mol. The fourth-order valence-electron chi connectivity index (χ4n) is 5.53. The van der Waals surface area contributed by atoms with Gasteiger partial charge in [0.1, 0.15) is 34.6 Å². The zero-order chi connectivity index (χ0) is 36.4. The van der Waals surface area contributed by atoms with Crippen LogP contribution >= 0.6 is 11.3 Å². The highest BCUT2D eigenvalue weighted by molar-refractivity contribution is 7.09. The van der Waals surface area contributed by atoms with E-state index in [2.05, 4.69) is 26.3 Å². The molecule has 1 aliphatic heterocycles. The summed E-state index contributed by atoms with van der Waals surface area (Å²) in [6.07, 6.45) is 0.433. The van der Waals surface area contributed by atoms with Crippen molar-refractivity contribution in [3.8, 4) is 5.75 Å². The number of hydrogen-bond donors (Lipinski definition) is 4. The van der Waals surface area contributed by atoms with Gasteiger partial charge in [0.2, 0.25) is 23.6 Å². The van der Waals surface area contributed by atoms with Crippen LogP contribution in [0, 0.1) is 5.92 Å². The van der Waals surface area contributed by atoms with Crippen molar-refractivity contribution in [3.05, 3.63) is 81.8 Å². The molecule has 2 heterocycles. The number of aromatic nitrogens is 1. The Morgan fingerprint density at radius 1 is 0.880 bits per heavy atom. The molecule has 2 aromatic carbocycles. The number of carbonyl (C=O) groups is 5. The molecule has 14 heteroatoms. The number of thiazole rings is 1. The fourth-order valence-corrected chi connectivity index (χ4v) is 6.38. The molecule has 1 aromatic heterocycles. The number of benzene rings is 2. The first-order chi connectivity index (χ1) is 23.8. The van der Waals surface area contributed by atoms with Crippen LogP contribution in [0.5, 0.6) is 5.75 Å². The number of fused-ring (bicyclic) bond motifs is 2. The molecule has 0 aliphatic carbocycles. The minimum Gasteiger partial charge on any atom is -0.497 e. The van der Waals surface area contributed by atoms with E-state index < -0.39 is 41.9 Å². The molecular weight excluding hydrogens is 659 g/mol. The van der Waals surface area contributed by atoms with Crippen molar-refractivity contribution < 1.29 is 28.7 Å². The number of amides is 5. The van der Waals surface area contributed by atoms with Crippen LogP contribution in [-0.2, 0) is 32.1 Å². The first-order valence-electron chi connectivity index (χ1n) is 16.6. The SMILES string of the molecule is COc1cccc(CN2CCN(C)C(=O)[C@@H](C)NC(=O)[C@H](C(C)C)NC(=O)[C@H](C)NC(=O)c3csc(n3)[C@H](Cc3ccccc3)NC(=O)C2)c1. The van der Waals surface area contributed by atoms with E-state index in [4.69, 9.17) is 4.74 Å². The largest absolute Gasteiger partial charge is 0.497 e. The third-order valence-corrected chi connectivity index (χ3v) is 9.38. The Labute approximate surface area is 297 Å². The Kier molecular flexibility index (Phi) is 13.5. The van der Waals surface area contributed by atoms with Gasteiger partial charge in [-0.1, -0.05) is 56.3 Å². The number of carbonyl (C=O) groups excluding carboxylic acids is 5. The van der Waals surface area contributed by atoms with Crippen LogP contribution in [0.15, 0.2) is 60.0 Å². The summed E-state index contributed by atoms with van der Waals surface area (Å²) >= 11 is 1.24. The van der Waals surface area contributed by atoms with E-state index >= 15 is 0 Å². The van der Waals surface area contributed by atoms with Crippen molar-refractivity contribution in [3.63, 3.8) is 0 Å². The zero-order valence-electron chi connectivity index (χ0n) is 29.4. The van der Waals surface area contributed by atoms with E-state index in [0.717, 1.165) is 11.1 Å². The van der Waals surface area contributed by atoms with Crippen LogP contribution in [0.1, 0.15) is 60.4 Å². The summed E-state index contributed by atoms with van der Waals surface area (Å²) in [5, 5.41) is 13.4. The molecule has 1 aliphatic rings. The molecule has 0 saturated heterocycles. The first kappa shape index (κ1) is 38.0. The number of ether oxygens (including phenoxy) is 1. The number of nitrogens with zero attached hydrogens (tertiary/aromatic N) is 3. The first-order valence-corrected chi connectivity index (χ1v) is 17.5. The predicted octanol–water partition coefficient (Wildman–Crippen LogP) is 2.29. The molecule has 3 aromatic rings. The van der Waals surface area contributed by atoms with E-state index in [1.807, 2.05) is 59.5 Å². The second-order valence-electron chi connectivity index (χ2n) is 12.9. The molecular formula is C36H47N7O6S. The Morgan fingerprint density at radius 2 is 1.60 bits per heavy atom. The second-order valence-corrected chi connectivity index (χ2v) is 13.7. The van der Waals surface area contributed by atoms with Gasteiger partial charge >= 0.3 is 0 Å². The van der Waals surface area contributed by atoms with Crippen molar-refractivity contribution in [1.29, 1.82) is 0 Å². The minimum atomic E-state index is -0.989. The molecule has 4 atom stereocenters. The van der Waals surface area contributed by atoms with Crippen LogP contribution in [0.4, 0.5) is 0 Å². The third kappa shape index (κ3) is 10.6. The number of hydrogen-bond acceptors (Lipinski definition) is 9. The standard InChI is InChI=1S/C36H47N7O6S/c1-22(2)31-34(47)38-24(4)36(48)42(5)15-16-43(19-26-13-10-14-27(17-26)49-6)20-30(44)39-28(18-25-11-8-7-9-12-25)35-40-29(21-50-35)33(46)37-23(3)32(45)41-31/h7-14,17,21-24,28,31H,15-16,18-20H2,1-6H3,(H,37,46)(H,38,47)(H,39,44)(H,41,45)/t23-,24+,28-,31-/m0/s1. The average Bonchev–Trinajstić information content (AvgIpc) is 3.59. The highest BCUT2D eigenvalue weighted by Gasteiger charge is 2.31. The molecule has 4 rings (SSSR count). The summed E-state index contributed by atoms with van der Waals surface area (Å²) in [5.74, 6) is -1.85. The van der Waals surface area contributed by atoms with Crippen LogP contribution in [0.25, 0.3) is 0 Å². The highest BCUT2D eigenvalue weighted by Crippen LogP contribution is 2.23. The normalized spacial score (nSPS) is 22.2. The summed E-state index contributed by atoms with van der Waals surface area (Å²) in [6.45, 7) is 7.70. The maximum atomic E-state index is 13.8. The van der Waals surface area contributed by atoms with E-state index in [0.29, 0.717) is 30.3 Å². The lowest BCUT2D eigenvalue weighted by molar-refractivity contribution is -0.136. The minimum absolute atomic E-state index is 0.0108. The quantitative estimate of drug-likeness (QED) is 0.304. The maximum Gasteiger partial charge on any atom is 0.271 e. The third-order valence-electron chi connectivity index (χ3n) is 8.42. The monoisotopic (exact) mass is 705 g/mol. The lowest BCUT2D eigenvalue weighted by Gasteiger charge is -2.29. The number of methoxy groups -OCH3 is 1. The number of rotatable bonds is 6. The molecule has 0 spiro atoms. The molecule has 13 nitrogen and oxygen atoms in total. The Morgan fingerprint density at radius 3 is 2.30 bits per heavy atom. The van der Waals surface area contributed by atoms with Crippen molar-refractivity contribution in [2.24, 2.45) is 5.92 Å². The number of likely N-dealkylation sites (N-methyl/N-ethyl adjacent to an activating group) is 1. The molecule has 5 amide bonds. The van der Waals surface area contributed by atoms with Gasteiger partial charge in [0, 0.05) is 32.1 Å². The van der Waals surface area contributed by atoms with Gasteiger partial charge in [0.05, 0.1) is 19.7 Å². The summed E-state index contributed by atoms with van der Waals surface area (Å²) in [7, 11) is 3.24.